The van der Waals surface area contributed by atoms with Gasteiger partial charge < -0.3 is 4.74 Å². The summed E-state index contributed by atoms with van der Waals surface area (Å²) < 4.78 is 57.9. The maximum absolute atomic E-state index is 13.7. The van der Waals surface area contributed by atoms with Crippen LogP contribution in [0.4, 0.5) is 17.6 Å². The third-order valence-electron chi connectivity index (χ3n) is 6.70. The number of ether oxygens (including phenoxy) is 1. The third kappa shape index (κ3) is 8.26. The van der Waals surface area contributed by atoms with Crippen molar-refractivity contribution in [1.82, 2.24) is 0 Å². The van der Waals surface area contributed by atoms with E-state index < -0.39 is 17.6 Å². The van der Waals surface area contributed by atoms with Crippen molar-refractivity contribution < 1.29 is 22.3 Å². The minimum Gasteiger partial charge on any atom is -0.378 e. The molecule has 0 bridgehead atoms. The fourth-order valence-electron chi connectivity index (χ4n) is 4.63. The number of hydrogen-bond donors (Lipinski definition) is 0. The fraction of sp³-hybridized carbons (Fsp3) is 0.517. The monoisotopic (exact) mass is 476 g/mol. The molecule has 1 nitrogen and oxygen atoms in total. The molecule has 0 amide bonds. The van der Waals surface area contributed by atoms with Gasteiger partial charge in [-0.3, -0.25) is 0 Å². The van der Waals surface area contributed by atoms with Crippen LogP contribution < -0.4 is 0 Å². The Balaban J connectivity index is 1.42. The van der Waals surface area contributed by atoms with Crippen LogP contribution >= 0.6 is 0 Å². The van der Waals surface area contributed by atoms with Crippen LogP contribution in [0.2, 0.25) is 0 Å². The van der Waals surface area contributed by atoms with E-state index in [-0.39, 0.29) is 0 Å². The Hall–Kier alpha value is -2.14. The molecule has 1 fully saturated rings. The molecule has 2 aromatic rings. The van der Waals surface area contributed by atoms with Gasteiger partial charge in [0.15, 0.2) is 0 Å². The highest BCUT2D eigenvalue weighted by Gasteiger charge is 2.33. The molecule has 2 aromatic carbocycles. The zero-order valence-electron chi connectivity index (χ0n) is 20.0. The number of hydrogen-bond acceptors (Lipinski definition) is 1. The summed E-state index contributed by atoms with van der Waals surface area (Å²) in [6.45, 7) is 3.12. The van der Waals surface area contributed by atoms with E-state index in [1.165, 1.54) is 43.7 Å². The van der Waals surface area contributed by atoms with Gasteiger partial charge in [0.05, 0.1) is 11.7 Å². The molecule has 1 aliphatic rings. The summed E-state index contributed by atoms with van der Waals surface area (Å²) in [5.41, 5.74) is 1.40. The average Bonchev–Trinajstić information content (AvgIpc) is 2.82. The van der Waals surface area contributed by atoms with Crippen LogP contribution in [-0.4, -0.2) is 12.7 Å². The first-order valence-electron chi connectivity index (χ1n) is 12.6. The summed E-state index contributed by atoms with van der Waals surface area (Å²) in [5, 5.41) is 0. The van der Waals surface area contributed by atoms with Crippen LogP contribution in [0, 0.1) is 5.82 Å². The summed E-state index contributed by atoms with van der Waals surface area (Å²) in [5.74, 6) is -0.715. The maximum Gasteiger partial charge on any atom is 0.419 e. The highest BCUT2D eigenvalue weighted by atomic mass is 19.4. The molecular weight excluding hydrogens is 440 g/mol. The molecule has 0 heterocycles. The highest BCUT2D eigenvalue weighted by molar-refractivity contribution is 5.69. The Kier molecular flexibility index (Phi) is 10.2. The summed E-state index contributed by atoms with van der Waals surface area (Å²) in [6, 6.07) is 11.2. The lowest BCUT2D eigenvalue weighted by molar-refractivity contribution is -0.140. The van der Waals surface area contributed by atoms with Gasteiger partial charge >= 0.3 is 6.18 Å². The highest BCUT2D eigenvalue weighted by Crippen LogP contribution is 2.35. The van der Waals surface area contributed by atoms with Crippen LogP contribution in [0.3, 0.4) is 0 Å². The van der Waals surface area contributed by atoms with Crippen molar-refractivity contribution in [3.63, 3.8) is 0 Å². The van der Waals surface area contributed by atoms with E-state index in [2.05, 4.69) is 19.1 Å². The second-order valence-electron chi connectivity index (χ2n) is 9.35. The molecule has 186 valence electrons. The maximum atomic E-state index is 13.7. The smallest absolute Gasteiger partial charge is 0.378 e. The number of rotatable bonds is 11. The van der Waals surface area contributed by atoms with E-state index in [0.717, 1.165) is 56.4 Å². The largest absolute Gasteiger partial charge is 0.419 e. The van der Waals surface area contributed by atoms with Gasteiger partial charge in [-0.05, 0) is 66.8 Å². The Bertz CT molecular complexity index is 893. The van der Waals surface area contributed by atoms with Gasteiger partial charge in [-0.1, -0.05) is 81.5 Å². The number of halogens is 4. The van der Waals surface area contributed by atoms with Crippen LogP contribution in [0.25, 0.3) is 12.2 Å². The van der Waals surface area contributed by atoms with Crippen LogP contribution in [0.1, 0.15) is 99.3 Å². The molecule has 0 N–H and O–H groups in total. The minimum absolute atomic E-state index is 0.387. The van der Waals surface area contributed by atoms with Gasteiger partial charge in [0.1, 0.15) is 5.82 Å². The summed E-state index contributed by atoms with van der Waals surface area (Å²) >= 11 is 0. The Labute approximate surface area is 201 Å². The molecular formula is C29H36F4O. The Morgan fingerprint density at radius 2 is 1.44 bits per heavy atom. The normalized spacial score (nSPS) is 19.1. The molecule has 5 heteroatoms. The number of unbranched alkanes of at least 4 members (excludes halogenated alkanes) is 5. The first-order valence-corrected chi connectivity index (χ1v) is 12.6. The molecule has 1 saturated carbocycles. The van der Waals surface area contributed by atoms with Gasteiger partial charge in [-0.2, -0.15) is 13.2 Å². The predicted molar refractivity (Wildman–Crippen MR) is 131 cm³/mol. The Morgan fingerprint density at radius 1 is 0.824 bits per heavy atom. The molecule has 0 atom stereocenters. The predicted octanol–water partition coefficient (Wildman–Crippen LogP) is 9.42. The lowest BCUT2D eigenvalue weighted by Gasteiger charge is -2.29. The van der Waals surface area contributed by atoms with E-state index in [4.69, 9.17) is 4.74 Å². The average molecular weight is 477 g/mol. The van der Waals surface area contributed by atoms with Gasteiger partial charge in [-0.15, -0.1) is 0 Å². The minimum atomic E-state index is -4.68. The molecule has 0 unspecified atom stereocenters. The van der Waals surface area contributed by atoms with E-state index in [1.807, 2.05) is 12.1 Å². The van der Waals surface area contributed by atoms with Crippen molar-refractivity contribution in [2.75, 3.05) is 6.61 Å². The molecule has 0 saturated heterocycles. The van der Waals surface area contributed by atoms with Crippen LogP contribution in [0.5, 0.6) is 0 Å². The fourth-order valence-corrected chi connectivity index (χ4v) is 4.63. The van der Waals surface area contributed by atoms with Gasteiger partial charge in [0, 0.05) is 6.61 Å². The van der Waals surface area contributed by atoms with Crippen molar-refractivity contribution in [2.24, 2.45) is 0 Å². The van der Waals surface area contributed by atoms with Gasteiger partial charge in [0.2, 0.25) is 0 Å². The third-order valence-corrected chi connectivity index (χ3v) is 6.70. The second kappa shape index (κ2) is 13.1. The summed E-state index contributed by atoms with van der Waals surface area (Å²) in [7, 11) is 0. The second-order valence-corrected chi connectivity index (χ2v) is 9.35. The van der Waals surface area contributed by atoms with E-state index in [9.17, 15) is 17.6 Å². The quantitative estimate of drug-likeness (QED) is 0.178. The standard InChI is InChI=1S/C29H36F4O/c1-2-3-4-5-6-7-20-34-26-17-15-25(16-18-26)24-13-10-22(11-14-24)8-9-23-12-19-27(28(30)21-23)29(31,32)33/h8-14,19,21,25-26H,2-7,15-18,20H2,1H3. The molecule has 0 aliphatic heterocycles. The zero-order valence-corrected chi connectivity index (χ0v) is 20.0. The van der Waals surface area contributed by atoms with Crippen molar-refractivity contribution in [3.05, 3.63) is 70.5 Å². The molecule has 1 aliphatic carbocycles. The van der Waals surface area contributed by atoms with Crippen molar-refractivity contribution in [2.45, 2.75) is 89.3 Å². The lowest BCUT2D eigenvalue weighted by Crippen LogP contribution is -2.21. The molecule has 0 radical (unpaired) electrons. The Morgan fingerprint density at radius 3 is 2.09 bits per heavy atom. The van der Waals surface area contributed by atoms with Gasteiger partial charge in [-0.25, -0.2) is 4.39 Å². The van der Waals surface area contributed by atoms with Crippen LogP contribution in [-0.2, 0) is 10.9 Å². The molecule has 0 aromatic heterocycles. The van der Waals surface area contributed by atoms with Crippen molar-refractivity contribution in [1.29, 1.82) is 0 Å². The lowest BCUT2D eigenvalue weighted by atomic mass is 9.82. The topological polar surface area (TPSA) is 9.23 Å². The molecule has 34 heavy (non-hydrogen) atoms. The molecule has 0 spiro atoms. The summed E-state index contributed by atoms with van der Waals surface area (Å²) in [6.07, 6.45) is 11.3. The number of alkyl halides is 3. The van der Waals surface area contributed by atoms with E-state index in [1.54, 1.807) is 12.2 Å². The first-order chi connectivity index (χ1) is 16.4. The van der Waals surface area contributed by atoms with E-state index >= 15 is 0 Å². The number of benzene rings is 2. The summed E-state index contributed by atoms with van der Waals surface area (Å²) in [4.78, 5) is 0. The first kappa shape index (κ1) is 26.5. The van der Waals surface area contributed by atoms with Crippen LogP contribution in [0.15, 0.2) is 42.5 Å². The van der Waals surface area contributed by atoms with Gasteiger partial charge in [0.25, 0.3) is 0 Å². The SMILES string of the molecule is CCCCCCCCOC1CCC(c2ccc(C=Cc3ccc(C(F)(F)F)c(F)c3)cc2)CC1. The zero-order chi connectivity index (χ0) is 24.4. The van der Waals surface area contributed by atoms with E-state index in [0.29, 0.717) is 17.6 Å². The molecule has 3 rings (SSSR count). The van der Waals surface area contributed by atoms with Crippen molar-refractivity contribution in [3.8, 4) is 0 Å². The van der Waals surface area contributed by atoms with Crippen molar-refractivity contribution >= 4 is 12.2 Å².